The number of rotatable bonds is 8. The zero-order valence-electron chi connectivity index (χ0n) is 10.9. The maximum Gasteiger partial charge on any atom is 0.329 e. The lowest BCUT2D eigenvalue weighted by Crippen LogP contribution is -2.44. The molecule has 0 heterocycles. The van der Waals surface area contributed by atoms with Crippen molar-refractivity contribution in [2.24, 2.45) is 0 Å². The molecule has 0 saturated carbocycles. The van der Waals surface area contributed by atoms with Crippen molar-refractivity contribution in [2.45, 2.75) is 26.8 Å². The maximum atomic E-state index is 11.6. The van der Waals surface area contributed by atoms with Crippen molar-refractivity contribution in [3.63, 3.8) is 0 Å². The third kappa shape index (κ3) is 7.61. The Morgan fingerprint density at radius 1 is 1.28 bits per heavy atom. The SMILES string of the molecule is CCN(CC(=O)NC(C)C)C(=O)COCC(=O)O. The highest BCUT2D eigenvalue weighted by molar-refractivity contribution is 5.85. The summed E-state index contributed by atoms with van der Waals surface area (Å²) in [6.45, 7) is 4.83. The molecule has 7 heteroatoms. The standard InChI is InChI=1S/C11H20N2O5/c1-4-13(5-9(14)12-8(2)3)10(15)6-18-7-11(16)17/h8H,4-7H2,1-3H3,(H,12,14)(H,16,17). The van der Waals surface area contributed by atoms with Crippen LogP contribution in [0, 0.1) is 0 Å². The predicted octanol–water partition coefficient (Wildman–Crippen LogP) is -0.539. The van der Waals surface area contributed by atoms with Crippen molar-refractivity contribution >= 4 is 17.8 Å². The Hall–Kier alpha value is -1.63. The number of amides is 2. The monoisotopic (exact) mass is 260 g/mol. The van der Waals surface area contributed by atoms with Gasteiger partial charge in [-0.1, -0.05) is 0 Å². The molecule has 0 radical (unpaired) electrons. The van der Waals surface area contributed by atoms with Crippen molar-refractivity contribution in [1.29, 1.82) is 0 Å². The highest BCUT2D eigenvalue weighted by Crippen LogP contribution is 1.92. The minimum atomic E-state index is -1.14. The summed E-state index contributed by atoms with van der Waals surface area (Å²) in [7, 11) is 0. The molecule has 2 amide bonds. The van der Waals surface area contributed by atoms with Gasteiger partial charge < -0.3 is 20.1 Å². The minimum Gasteiger partial charge on any atom is -0.480 e. The number of hydrogen-bond donors (Lipinski definition) is 2. The Kier molecular flexibility index (Phi) is 7.69. The van der Waals surface area contributed by atoms with Gasteiger partial charge in [-0.3, -0.25) is 9.59 Å². The second-order valence-electron chi connectivity index (χ2n) is 4.02. The first-order valence-electron chi connectivity index (χ1n) is 5.73. The van der Waals surface area contributed by atoms with Crippen LogP contribution in [0.5, 0.6) is 0 Å². The van der Waals surface area contributed by atoms with Gasteiger partial charge in [0.25, 0.3) is 0 Å². The molecule has 0 fully saturated rings. The van der Waals surface area contributed by atoms with E-state index in [0.29, 0.717) is 6.54 Å². The summed E-state index contributed by atoms with van der Waals surface area (Å²) < 4.78 is 4.68. The van der Waals surface area contributed by atoms with Crippen LogP contribution in [0.2, 0.25) is 0 Å². The topological polar surface area (TPSA) is 95.9 Å². The average molecular weight is 260 g/mol. The van der Waals surface area contributed by atoms with Crippen LogP contribution >= 0.6 is 0 Å². The summed E-state index contributed by atoms with van der Waals surface area (Å²) in [6, 6.07) is 0.00886. The van der Waals surface area contributed by atoms with E-state index in [-0.39, 0.29) is 25.1 Å². The molecule has 0 aromatic rings. The van der Waals surface area contributed by atoms with Gasteiger partial charge in [-0.25, -0.2) is 4.79 Å². The van der Waals surface area contributed by atoms with Crippen molar-refractivity contribution in [1.82, 2.24) is 10.2 Å². The van der Waals surface area contributed by atoms with Gasteiger partial charge in [0.15, 0.2) is 0 Å². The number of likely N-dealkylation sites (N-methyl/N-ethyl adjacent to an activating group) is 1. The Bertz CT molecular complexity index is 304. The number of carboxylic acid groups (broad SMARTS) is 1. The summed E-state index contributed by atoms with van der Waals surface area (Å²) in [5.41, 5.74) is 0. The fourth-order valence-electron chi connectivity index (χ4n) is 1.23. The second-order valence-corrected chi connectivity index (χ2v) is 4.02. The third-order valence-electron chi connectivity index (χ3n) is 1.97. The molecule has 0 aromatic carbocycles. The molecular weight excluding hydrogens is 240 g/mol. The number of nitrogens with zero attached hydrogens (tertiary/aromatic N) is 1. The molecule has 7 nitrogen and oxygen atoms in total. The van der Waals surface area contributed by atoms with Crippen molar-refractivity contribution in [3.8, 4) is 0 Å². The molecular formula is C11H20N2O5. The summed E-state index contributed by atoms with van der Waals surface area (Å²) in [4.78, 5) is 34.6. The fraction of sp³-hybridized carbons (Fsp3) is 0.727. The molecule has 0 aliphatic heterocycles. The number of aliphatic carboxylic acids is 1. The molecule has 0 atom stereocenters. The highest BCUT2D eigenvalue weighted by Gasteiger charge is 2.16. The molecule has 0 spiro atoms. The smallest absolute Gasteiger partial charge is 0.329 e. The van der Waals surface area contributed by atoms with E-state index in [1.807, 2.05) is 13.8 Å². The third-order valence-corrected chi connectivity index (χ3v) is 1.97. The number of carboxylic acids is 1. The number of carbonyl (C=O) groups is 3. The van der Waals surface area contributed by atoms with E-state index in [1.165, 1.54) is 4.90 Å². The lowest BCUT2D eigenvalue weighted by molar-refractivity contribution is -0.147. The molecule has 0 rings (SSSR count). The Balaban J connectivity index is 4.10. The van der Waals surface area contributed by atoms with Crippen molar-refractivity contribution in [3.05, 3.63) is 0 Å². The normalized spacial score (nSPS) is 10.2. The van der Waals surface area contributed by atoms with E-state index >= 15 is 0 Å². The van der Waals surface area contributed by atoms with Gasteiger partial charge in [-0.15, -0.1) is 0 Å². The van der Waals surface area contributed by atoms with Crippen LogP contribution in [-0.2, 0) is 19.1 Å². The van der Waals surface area contributed by atoms with Gasteiger partial charge in [-0.05, 0) is 20.8 Å². The Morgan fingerprint density at radius 2 is 1.89 bits per heavy atom. The van der Waals surface area contributed by atoms with Crippen LogP contribution in [0.25, 0.3) is 0 Å². The number of nitrogens with one attached hydrogen (secondary N) is 1. The average Bonchev–Trinajstić information content (AvgIpc) is 2.24. The van der Waals surface area contributed by atoms with Gasteiger partial charge in [0.1, 0.15) is 13.2 Å². The summed E-state index contributed by atoms with van der Waals surface area (Å²) >= 11 is 0. The van der Waals surface area contributed by atoms with Gasteiger partial charge >= 0.3 is 5.97 Å². The van der Waals surface area contributed by atoms with E-state index in [1.54, 1.807) is 6.92 Å². The molecule has 0 aliphatic rings. The van der Waals surface area contributed by atoms with Crippen LogP contribution in [0.15, 0.2) is 0 Å². The number of hydrogen-bond acceptors (Lipinski definition) is 4. The van der Waals surface area contributed by atoms with Crippen LogP contribution in [0.1, 0.15) is 20.8 Å². The molecule has 2 N–H and O–H groups in total. The Morgan fingerprint density at radius 3 is 2.33 bits per heavy atom. The second kappa shape index (κ2) is 8.46. The van der Waals surface area contributed by atoms with E-state index in [9.17, 15) is 14.4 Å². The van der Waals surface area contributed by atoms with Crippen LogP contribution in [0.3, 0.4) is 0 Å². The molecule has 0 aliphatic carbocycles. The van der Waals surface area contributed by atoms with E-state index in [0.717, 1.165) is 0 Å². The lowest BCUT2D eigenvalue weighted by Gasteiger charge is -2.20. The van der Waals surface area contributed by atoms with Crippen molar-refractivity contribution in [2.75, 3.05) is 26.3 Å². The Labute approximate surface area is 106 Å². The quantitative estimate of drug-likeness (QED) is 0.611. The van der Waals surface area contributed by atoms with Gasteiger partial charge in [0.2, 0.25) is 11.8 Å². The molecule has 0 saturated heterocycles. The van der Waals surface area contributed by atoms with Crippen LogP contribution in [-0.4, -0.2) is 60.1 Å². The lowest BCUT2D eigenvalue weighted by atomic mass is 10.3. The largest absolute Gasteiger partial charge is 0.480 e. The molecule has 18 heavy (non-hydrogen) atoms. The van der Waals surface area contributed by atoms with Crippen LogP contribution in [0.4, 0.5) is 0 Å². The summed E-state index contributed by atoms with van der Waals surface area (Å²) in [5, 5.41) is 11.0. The van der Waals surface area contributed by atoms with Gasteiger partial charge in [0, 0.05) is 12.6 Å². The number of ether oxygens (including phenoxy) is 1. The predicted molar refractivity (Wildman–Crippen MR) is 64.0 cm³/mol. The first-order chi connectivity index (χ1) is 8.36. The van der Waals surface area contributed by atoms with E-state index in [4.69, 9.17) is 5.11 Å². The van der Waals surface area contributed by atoms with E-state index in [2.05, 4.69) is 10.1 Å². The fourth-order valence-corrected chi connectivity index (χ4v) is 1.23. The minimum absolute atomic E-state index is 0.00886. The summed E-state index contributed by atoms with van der Waals surface area (Å²) in [6.07, 6.45) is 0. The molecule has 0 bridgehead atoms. The number of carbonyl (C=O) groups excluding carboxylic acids is 2. The van der Waals surface area contributed by atoms with Crippen molar-refractivity contribution < 1.29 is 24.2 Å². The zero-order valence-corrected chi connectivity index (χ0v) is 10.9. The maximum absolute atomic E-state index is 11.6. The van der Waals surface area contributed by atoms with E-state index < -0.39 is 18.5 Å². The molecule has 0 unspecified atom stereocenters. The summed E-state index contributed by atoms with van der Waals surface area (Å²) in [5.74, 6) is -1.79. The first-order valence-corrected chi connectivity index (χ1v) is 5.73. The highest BCUT2D eigenvalue weighted by atomic mass is 16.5. The van der Waals surface area contributed by atoms with Crippen LogP contribution < -0.4 is 5.32 Å². The van der Waals surface area contributed by atoms with Gasteiger partial charge in [0.05, 0.1) is 6.54 Å². The molecule has 104 valence electrons. The first kappa shape index (κ1) is 16.4. The van der Waals surface area contributed by atoms with Gasteiger partial charge in [-0.2, -0.15) is 0 Å². The zero-order chi connectivity index (χ0) is 14.1. The molecule has 0 aromatic heterocycles.